The maximum atomic E-state index is 12.4. The van der Waals surface area contributed by atoms with Crippen LogP contribution in [0, 0.1) is 13.8 Å². The minimum Gasteiger partial charge on any atom is -0.507 e. The molecule has 0 aliphatic heterocycles. The Bertz CT molecular complexity index is 707. The van der Waals surface area contributed by atoms with Gasteiger partial charge in [-0.25, -0.2) is 0 Å². The lowest BCUT2D eigenvalue weighted by atomic mass is 10.0. The first-order valence-corrected chi connectivity index (χ1v) is 6.26. The van der Waals surface area contributed by atoms with Crippen LogP contribution in [-0.2, 0) is 14.1 Å². The molecular weight excluding hydrogens is 256 g/mol. The van der Waals surface area contributed by atoms with Crippen molar-refractivity contribution in [1.29, 1.82) is 0 Å². The van der Waals surface area contributed by atoms with Gasteiger partial charge in [-0.05, 0) is 20.8 Å². The van der Waals surface area contributed by atoms with Crippen molar-refractivity contribution in [3.63, 3.8) is 0 Å². The van der Waals surface area contributed by atoms with E-state index in [0.29, 0.717) is 11.1 Å². The molecule has 106 valence electrons. The van der Waals surface area contributed by atoms with Crippen molar-refractivity contribution in [2.24, 2.45) is 14.1 Å². The van der Waals surface area contributed by atoms with E-state index < -0.39 is 0 Å². The maximum absolute atomic E-state index is 12.4. The molecule has 0 saturated heterocycles. The summed E-state index contributed by atoms with van der Waals surface area (Å²) in [4.78, 5) is 12.4. The number of hydrogen-bond donors (Lipinski definition) is 1. The van der Waals surface area contributed by atoms with E-state index in [4.69, 9.17) is 0 Å². The van der Waals surface area contributed by atoms with Crippen molar-refractivity contribution < 1.29 is 9.90 Å². The quantitative estimate of drug-likeness (QED) is 0.527. The first-order chi connectivity index (χ1) is 9.34. The zero-order chi connectivity index (χ0) is 15.0. The minimum atomic E-state index is -0.226. The summed E-state index contributed by atoms with van der Waals surface area (Å²) in [6, 6.07) is 0. The predicted octanol–water partition coefficient (Wildman–Crippen LogP) is 1.94. The SMILES string of the molecule is CC(C(=O)c1cnn(C)c1C)=C(O)c1cnn(C)c1C. The molecule has 0 bridgehead atoms. The molecule has 0 aliphatic carbocycles. The molecule has 0 atom stereocenters. The van der Waals surface area contributed by atoms with E-state index in [0.717, 1.165) is 11.4 Å². The molecule has 2 heterocycles. The molecule has 2 aromatic rings. The van der Waals surface area contributed by atoms with Gasteiger partial charge in [-0.1, -0.05) is 0 Å². The largest absolute Gasteiger partial charge is 0.507 e. The molecule has 6 nitrogen and oxygen atoms in total. The van der Waals surface area contributed by atoms with Crippen LogP contribution in [-0.4, -0.2) is 30.5 Å². The highest BCUT2D eigenvalue weighted by Crippen LogP contribution is 2.22. The van der Waals surface area contributed by atoms with Crippen molar-refractivity contribution in [3.05, 3.63) is 40.5 Å². The van der Waals surface area contributed by atoms with Crippen molar-refractivity contribution in [2.75, 3.05) is 0 Å². The molecule has 0 spiro atoms. The highest BCUT2D eigenvalue weighted by molar-refractivity contribution is 6.12. The highest BCUT2D eigenvalue weighted by atomic mass is 16.3. The number of allylic oxidation sites excluding steroid dienone is 1. The van der Waals surface area contributed by atoms with Crippen LogP contribution in [0.3, 0.4) is 0 Å². The number of aryl methyl sites for hydroxylation is 2. The number of carbonyl (C=O) groups excluding carboxylic acids is 1. The molecule has 0 fully saturated rings. The van der Waals surface area contributed by atoms with Crippen LogP contribution >= 0.6 is 0 Å². The van der Waals surface area contributed by atoms with Crippen LogP contribution in [0.2, 0.25) is 0 Å². The second-order valence-electron chi connectivity index (χ2n) is 4.84. The number of aromatic nitrogens is 4. The van der Waals surface area contributed by atoms with Crippen LogP contribution < -0.4 is 0 Å². The van der Waals surface area contributed by atoms with Gasteiger partial charge >= 0.3 is 0 Å². The number of aliphatic hydroxyl groups is 1. The van der Waals surface area contributed by atoms with E-state index in [1.54, 1.807) is 36.6 Å². The van der Waals surface area contributed by atoms with Crippen LogP contribution in [0.25, 0.3) is 5.76 Å². The molecule has 0 amide bonds. The number of carbonyl (C=O) groups is 1. The third-order valence-corrected chi connectivity index (χ3v) is 3.67. The Hall–Kier alpha value is -2.37. The third kappa shape index (κ3) is 2.13. The van der Waals surface area contributed by atoms with E-state index in [-0.39, 0.29) is 17.1 Å². The van der Waals surface area contributed by atoms with Gasteiger partial charge in [0, 0.05) is 31.1 Å². The predicted molar refractivity (Wildman–Crippen MR) is 75.4 cm³/mol. The number of nitrogens with zero attached hydrogens (tertiary/aromatic N) is 4. The van der Waals surface area contributed by atoms with Gasteiger partial charge < -0.3 is 5.11 Å². The molecule has 20 heavy (non-hydrogen) atoms. The molecule has 2 aromatic heterocycles. The summed E-state index contributed by atoms with van der Waals surface area (Å²) in [5.74, 6) is -0.264. The monoisotopic (exact) mass is 274 g/mol. The number of ketones is 1. The Morgan fingerprint density at radius 2 is 1.50 bits per heavy atom. The Morgan fingerprint density at radius 3 is 1.90 bits per heavy atom. The molecule has 6 heteroatoms. The van der Waals surface area contributed by atoms with Crippen molar-refractivity contribution >= 4 is 11.5 Å². The second kappa shape index (κ2) is 4.96. The Kier molecular flexibility index (Phi) is 3.48. The molecule has 0 aliphatic rings. The summed E-state index contributed by atoms with van der Waals surface area (Å²) in [5.41, 5.74) is 2.93. The van der Waals surface area contributed by atoms with E-state index >= 15 is 0 Å². The molecule has 0 saturated carbocycles. The second-order valence-corrected chi connectivity index (χ2v) is 4.84. The van der Waals surface area contributed by atoms with Gasteiger partial charge in [-0.2, -0.15) is 10.2 Å². The smallest absolute Gasteiger partial charge is 0.195 e. The minimum absolute atomic E-state index is 0.0381. The first kappa shape index (κ1) is 14.0. The summed E-state index contributed by atoms with van der Waals surface area (Å²) in [5, 5.41) is 18.4. The van der Waals surface area contributed by atoms with Crippen LogP contribution in [0.15, 0.2) is 18.0 Å². The Morgan fingerprint density at radius 1 is 1.05 bits per heavy atom. The lowest BCUT2D eigenvalue weighted by Crippen LogP contribution is -2.06. The topological polar surface area (TPSA) is 72.9 Å². The fourth-order valence-corrected chi connectivity index (χ4v) is 1.96. The van der Waals surface area contributed by atoms with Gasteiger partial charge in [0.15, 0.2) is 5.78 Å². The van der Waals surface area contributed by atoms with E-state index in [9.17, 15) is 9.90 Å². The summed E-state index contributed by atoms with van der Waals surface area (Å²) in [6.45, 7) is 5.27. The van der Waals surface area contributed by atoms with Crippen LogP contribution in [0.5, 0.6) is 0 Å². The van der Waals surface area contributed by atoms with Crippen LogP contribution in [0.4, 0.5) is 0 Å². The standard InChI is InChI=1S/C14H18N4O2/c1-8(13(19)11-6-15-17(4)9(11)2)14(20)12-7-16-18(5)10(12)3/h6-7,19H,1-5H3. The van der Waals surface area contributed by atoms with E-state index in [2.05, 4.69) is 10.2 Å². The fraction of sp³-hybridized carbons (Fsp3) is 0.357. The average Bonchev–Trinajstić information content (AvgIpc) is 2.93. The van der Waals surface area contributed by atoms with Crippen molar-refractivity contribution in [3.8, 4) is 0 Å². The van der Waals surface area contributed by atoms with Crippen molar-refractivity contribution in [1.82, 2.24) is 19.6 Å². The van der Waals surface area contributed by atoms with E-state index in [1.165, 1.54) is 6.20 Å². The lowest BCUT2D eigenvalue weighted by molar-refractivity contribution is 0.103. The van der Waals surface area contributed by atoms with Crippen molar-refractivity contribution in [2.45, 2.75) is 20.8 Å². The molecule has 2 rings (SSSR count). The third-order valence-electron chi connectivity index (χ3n) is 3.67. The lowest BCUT2D eigenvalue weighted by Gasteiger charge is -2.05. The Balaban J connectivity index is 2.46. The zero-order valence-corrected chi connectivity index (χ0v) is 12.3. The maximum Gasteiger partial charge on any atom is 0.195 e. The molecule has 1 N–H and O–H groups in total. The summed E-state index contributed by atoms with van der Waals surface area (Å²) < 4.78 is 3.28. The molecule has 0 aromatic carbocycles. The van der Waals surface area contributed by atoms with Gasteiger partial charge in [0.25, 0.3) is 0 Å². The van der Waals surface area contributed by atoms with Gasteiger partial charge in [-0.3, -0.25) is 14.2 Å². The summed E-state index contributed by atoms with van der Waals surface area (Å²) >= 11 is 0. The number of aliphatic hydroxyl groups excluding tert-OH is 1. The summed E-state index contributed by atoms with van der Waals surface area (Å²) in [6.07, 6.45) is 3.07. The fourth-order valence-electron chi connectivity index (χ4n) is 1.96. The van der Waals surface area contributed by atoms with Gasteiger partial charge in [0.2, 0.25) is 0 Å². The molecule has 0 radical (unpaired) electrons. The Labute approximate surface area is 117 Å². The normalized spacial score (nSPS) is 12.4. The first-order valence-electron chi connectivity index (χ1n) is 6.26. The van der Waals surface area contributed by atoms with Gasteiger partial charge in [0.1, 0.15) is 5.76 Å². The van der Waals surface area contributed by atoms with Crippen LogP contribution in [0.1, 0.15) is 34.2 Å². The average molecular weight is 274 g/mol. The summed E-state index contributed by atoms with van der Waals surface area (Å²) in [7, 11) is 3.56. The van der Waals surface area contributed by atoms with Gasteiger partial charge in [0.05, 0.1) is 23.5 Å². The number of hydrogen-bond acceptors (Lipinski definition) is 4. The highest BCUT2D eigenvalue weighted by Gasteiger charge is 2.20. The number of rotatable bonds is 3. The van der Waals surface area contributed by atoms with Gasteiger partial charge in [-0.15, -0.1) is 0 Å². The molecular formula is C14H18N4O2. The van der Waals surface area contributed by atoms with E-state index in [1.807, 2.05) is 13.8 Å². The molecule has 0 unspecified atom stereocenters. The zero-order valence-electron chi connectivity index (χ0n) is 12.3. The number of Topliss-reactive ketones (excluding diaryl/α,β-unsaturated/α-hetero) is 1.